The minimum Gasteiger partial charge on any atom is -0.508 e. The molecule has 3 N–H and O–H groups in total. The summed E-state index contributed by atoms with van der Waals surface area (Å²) in [6, 6.07) is 22.5. The van der Waals surface area contributed by atoms with E-state index in [0.717, 1.165) is 11.8 Å². The van der Waals surface area contributed by atoms with Gasteiger partial charge in [0.25, 0.3) is 0 Å². The van der Waals surface area contributed by atoms with E-state index < -0.39 is 5.82 Å². The molecule has 168 valence electrons. The van der Waals surface area contributed by atoms with Gasteiger partial charge >= 0.3 is 6.08 Å². The second kappa shape index (κ2) is 9.25. The fourth-order valence-electron chi connectivity index (χ4n) is 3.03. The lowest BCUT2D eigenvalue weighted by molar-refractivity contribution is 0.281. The Morgan fingerprint density at radius 1 is 0.853 bits per heavy atom. The molecular weight excluding hydrogens is 439 g/mol. The molecule has 0 fully saturated rings. The molecule has 0 bridgehead atoms. The average molecular weight is 456 g/mol. The van der Waals surface area contributed by atoms with Crippen LogP contribution in [0.4, 0.5) is 27.5 Å². The largest absolute Gasteiger partial charge is 0.508 e. The molecule has 3 aromatic carbocycles. The molecule has 34 heavy (non-hydrogen) atoms. The van der Waals surface area contributed by atoms with Crippen molar-refractivity contribution in [1.82, 2.24) is 20.1 Å². The van der Waals surface area contributed by atoms with Gasteiger partial charge in [-0.05, 0) is 36.4 Å². The molecule has 9 nitrogen and oxygen atoms in total. The van der Waals surface area contributed by atoms with Gasteiger partial charge < -0.3 is 20.5 Å². The number of aromatic hydroxyl groups is 1. The van der Waals surface area contributed by atoms with Crippen molar-refractivity contribution in [2.24, 2.45) is 0 Å². The summed E-state index contributed by atoms with van der Waals surface area (Å²) in [5.41, 5.74) is 1.95. The first-order chi connectivity index (χ1) is 16.6. The third kappa shape index (κ3) is 4.91. The van der Waals surface area contributed by atoms with Crippen molar-refractivity contribution in [2.75, 3.05) is 10.6 Å². The fraction of sp³-hybridized carbons (Fsp3) is 0. The molecule has 0 unspecified atom stereocenters. The zero-order chi connectivity index (χ0) is 23.3. The van der Waals surface area contributed by atoms with Crippen molar-refractivity contribution in [3.05, 3.63) is 90.9 Å². The van der Waals surface area contributed by atoms with Crippen LogP contribution in [0.25, 0.3) is 11.4 Å². The van der Waals surface area contributed by atoms with Crippen LogP contribution in [0.2, 0.25) is 0 Å². The lowest BCUT2D eigenvalue weighted by atomic mass is 10.2. The molecule has 5 rings (SSSR count). The van der Waals surface area contributed by atoms with Crippen LogP contribution < -0.4 is 15.4 Å². The van der Waals surface area contributed by atoms with Crippen LogP contribution in [0, 0.1) is 5.82 Å². The van der Waals surface area contributed by atoms with Crippen molar-refractivity contribution in [2.45, 2.75) is 0 Å². The number of phenols is 1. The van der Waals surface area contributed by atoms with E-state index in [2.05, 4.69) is 30.7 Å². The zero-order valence-corrected chi connectivity index (χ0v) is 17.5. The molecule has 2 heterocycles. The average Bonchev–Trinajstić information content (AvgIpc) is 3.32. The highest BCUT2D eigenvalue weighted by molar-refractivity contribution is 5.61. The highest BCUT2D eigenvalue weighted by Crippen LogP contribution is 2.26. The van der Waals surface area contributed by atoms with Gasteiger partial charge in [-0.25, -0.2) is 9.37 Å². The quantitative estimate of drug-likeness (QED) is 0.285. The van der Waals surface area contributed by atoms with E-state index in [4.69, 9.17) is 9.26 Å². The van der Waals surface area contributed by atoms with Crippen molar-refractivity contribution in [3.8, 4) is 29.0 Å². The van der Waals surface area contributed by atoms with Gasteiger partial charge in [-0.1, -0.05) is 41.6 Å². The van der Waals surface area contributed by atoms with Crippen LogP contribution in [0.1, 0.15) is 0 Å². The molecular formula is C24H17FN6O3. The molecule has 0 amide bonds. The van der Waals surface area contributed by atoms with Gasteiger partial charge in [0.2, 0.25) is 11.8 Å². The molecule has 0 saturated heterocycles. The number of aromatic nitrogens is 4. The number of nitrogens with zero attached hydrogens (tertiary/aromatic N) is 4. The summed E-state index contributed by atoms with van der Waals surface area (Å²) in [7, 11) is 0. The first-order valence-electron chi connectivity index (χ1n) is 10.1. The zero-order valence-electron chi connectivity index (χ0n) is 17.5. The van der Waals surface area contributed by atoms with Crippen molar-refractivity contribution >= 4 is 23.1 Å². The lowest BCUT2D eigenvalue weighted by Crippen LogP contribution is -2.03. The molecule has 0 spiro atoms. The Morgan fingerprint density at radius 3 is 2.47 bits per heavy atom. The molecule has 0 aliphatic carbocycles. The molecule has 2 aromatic heterocycles. The highest BCUT2D eigenvalue weighted by Gasteiger charge is 2.11. The Labute approximate surface area is 192 Å². The third-order valence-corrected chi connectivity index (χ3v) is 4.61. The Bertz CT molecular complexity index is 1410. The van der Waals surface area contributed by atoms with E-state index in [1.165, 1.54) is 12.1 Å². The molecule has 0 aliphatic heterocycles. The van der Waals surface area contributed by atoms with Gasteiger partial charge in [0, 0.05) is 23.0 Å². The van der Waals surface area contributed by atoms with Gasteiger partial charge in [0.1, 0.15) is 11.5 Å². The first-order valence-corrected chi connectivity index (χ1v) is 10.1. The number of ether oxygens (including phenoxy) is 1. The second-order valence-corrected chi connectivity index (χ2v) is 7.07. The highest BCUT2D eigenvalue weighted by atomic mass is 19.1. The number of halogens is 1. The number of rotatable bonds is 7. The van der Waals surface area contributed by atoms with E-state index in [9.17, 15) is 9.50 Å². The van der Waals surface area contributed by atoms with E-state index >= 15 is 0 Å². The number of phenolic OH excluding ortho intramolecular Hbond substituents is 1. The standard InChI is InChI=1S/C24H17FN6O3/c25-20-14-26-23(28-17-7-4-8-18(32)13-17)29-22(20)27-16-9-11-19(12-10-16)33-24-30-21(31-34-24)15-5-2-1-3-6-15/h1-14,32H,(H2,26,27,28,29). The van der Waals surface area contributed by atoms with Crippen LogP contribution in [-0.4, -0.2) is 25.2 Å². The summed E-state index contributed by atoms with van der Waals surface area (Å²) in [5, 5.41) is 19.3. The van der Waals surface area contributed by atoms with E-state index in [1.54, 1.807) is 36.4 Å². The Balaban J connectivity index is 1.26. The maximum atomic E-state index is 14.3. The SMILES string of the molecule is Oc1cccc(Nc2ncc(F)c(Nc3ccc(Oc4nc(-c5ccccc5)no4)cc3)n2)c1. The Hall–Kier alpha value is -4.99. The van der Waals surface area contributed by atoms with E-state index in [-0.39, 0.29) is 23.6 Å². The summed E-state index contributed by atoms with van der Waals surface area (Å²) in [6.45, 7) is 0. The number of hydrogen-bond donors (Lipinski definition) is 3. The number of benzene rings is 3. The van der Waals surface area contributed by atoms with Gasteiger partial charge in [-0.3, -0.25) is 4.52 Å². The van der Waals surface area contributed by atoms with E-state index in [0.29, 0.717) is 22.9 Å². The summed E-state index contributed by atoms with van der Waals surface area (Å²) < 4.78 is 25.0. The molecule has 10 heteroatoms. The van der Waals surface area contributed by atoms with Gasteiger partial charge in [0.05, 0.1) is 6.20 Å². The minimum atomic E-state index is -0.624. The summed E-state index contributed by atoms with van der Waals surface area (Å²) >= 11 is 0. The molecule has 0 radical (unpaired) electrons. The maximum Gasteiger partial charge on any atom is 0.423 e. The number of hydrogen-bond acceptors (Lipinski definition) is 9. The molecule has 0 saturated carbocycles. The van der Waals surface area contributed by atoms with Crippen molar-refractivity contribution in [3.63, 3.8) is 0 Å². The smallest absolute Gasteiger partial charge is 0.423 e. The first kappa shape index (κ1) is 20.9. The predicted octanol–water partition coefficient (Wildman–Crippen LogP) is 5.65. The van der Waals surface area contributed by atoms with Crippen LogP contribution in [0.15, 0.2) is 89.6 Å². The maximum absolute atomic E-state index is 14.3. The summed E-state index contributed by atoms with van der Waals surface area (Å²) in [4.78, 5) is 12.3. The Kier molecular flexibility index (Phi) is 5.68. The minimum absolute atomic E-state index is 0.00377. The normalized spacial score (nSPS) is 10.6. The monoisotopic (exact) mass is 456 g/mol. The molecule has 0 atom stereocenters. The summed E-state index contributed by atoms with van der Waals surface area (Å²) in [5.74, 6) is 0.493. The van der Waals surface area contributed by atoms with Crippen LogP contribution in [-0.2, 0) is 0 Å². The Morgan fingerprint density at radius 2 is 1.68 bits per heavy atom. The molecule has 0 aliphatic rings. The van der Waals surface area contributed by atoms with Gasteiger partial charge in [-0.2, -0.15) is 9.97 Å². The second-order valence-electron chi connectivity index (χ2n) is 7.07. The van der Waals surface area contributed by atoms with Crippen LogP contribution in [0.5, 0.6) is 17.6 Å². The van der Waals surface area contributed by atoms with Gasteiger partial charge in [-0.15, -0.1) is 0 Å². The van der Waals surface area contributed by atoms with Gasteiger partial charge in [0.15, 0.2) is 11.6 Å². The summed E-state index contributed by atoms with van der Waals surface area (Å²) in [6.07, 6.45) is 1.06. The lowest BCUT2D eigenvalue weighted by Gasteiger charge is -2.10. The number of nitrogens with one attached hydrogen (secondary N) is 2. The topological polar surface area (TPSA) is 118 Å². The van der Waals surface area contributed by atoms with Crippen molar-refractivity contribution < 1.29 is 18.8 Å². The predicted molar refractivity (Wildman–Crippen MR) is 123 cm³/mol. The fourth-order valence-corrected chi connectivity index (χ4v) is 3.03. The molecule has 5 aromatic rings. The van der Waals surface area contributed by atoms with E-state index in [1.807, 2.05) is 30.3 Å². The third-order valence-electron chi connectivity index (χ3n) is 4.61. The van der Waals surface area contributed by atoms with Crippen LogP contribution in [0.3, 0.4) is 0 Å². The number of anilines is 4. The van der Waals surface area contributed by atoms with Crippen LogP contribution >= 0.6 is 0 Å². The van der Waals surface area contributed by atoms with Crippen molar-refractivity contribution in [1.29, 1.82) is 0 Å².